The van der Waals surface area contributed by atoms with E-state index in [9.17, 15) is 4.79 Å². The van der Waals surface area contributed by atoms with Crippen molar-refractivity contribution in [1.82, 2.24) is 0 Å². The van der Waals surface area contributed by atoms with E-state index >= 15 is 0 Å². The molecule has 0 aliphatic carbocycles. The number of alkyl halides is 1. The second-order valence-corrected chi connectivity index (χ2v) is 5.03. The highest BCUT2D eigenvalue weighted by atomic mass is 35.5. The summed E-state index contributed by atoms with van der Waals surface area (Å²) in [6.07, 6.45) is 1.07. The van der Waals surface area contributed by atoms with Crippen LogP contribution in [0.5, 0.6) is 0 Å². The zero-order valence-electron chi connectivity index (χ0n) is 11.0. The van der Waals surface area contributed by atoms with Crippen molar-refractivity contribution in [3.05, 3.63) is 54.1 Å². The third-order valence-electron chi connectivity index (χ3n) is 3.47. The van der Waals surface area contributed by atoms with E-state index in [-0.39, 0.29) is 11.8 Å². The largest absolute Gasteiger partial charge is 0.341 e. The van der Waals surface area contributed by atoms with Gasteiger partial charge in [0.2, 0.25) is 5.91 Å². The number of carbonyl (C=O) groups excluding carboxylic acids is 1. The van der Waals surface area contributed by atoms with Crippen LogP contribution >= 0.6 is 11.6 Å². The van der Waals surface area contributed by atoms with Crippen LogP contribution in [0.1, 0.15) is 5.56 Å². The molecule has 0 spiro atoms. The number of rotatable bonds is 3. The molecule has 1 N–H and O–H groups in total. The zero-order valence-corrected chi connectivity index (χ0v) is 11.7. The first-order valence-electron chi connectivity index (χ1n) is 6.59. The molecule has 0 atom stereocenters. The normalized spacial score (nSPS) is 13.2. The van der Waals surface area contributed by atoms with E-state index in [4.69, 9.17) is 11.6 Å². The summed E-state index contributed by atoms with van der Waals surface area (Å²) < 4.78 is 0. The highest BCUT2D eigenvalue weighted by molar-refractivity contribution is 6.29. The van der Waals surface area contributed by atoms with Crippen molar-refractivity contribution in [2.45, 2.75) is 6.42 Å². The van der Waals surface area contributed by atoms with Gasteiger partial charge in [-0.25, -0.2) is 0 Å². The Morgan fingerprint density at radius 3 is 2.65 bits per heavy atom. The van der Waals surface area contributed by atoms with Gasteiger partial charge in [-0.3, -0.25) is 4.79 Å². The van der Waals surface area contributed by atoms with Gasteiger partial charge in [0.05, 0.1) is 0 Å². The molecule has 0 saturated carbocycles. The Morgan fingerprint density at radius 1 is 1.15 bits per heavy atom. The Morgan fingerprint density at radius 2 is 1.90 bits per heavy atom. The SMILES string of the molecule is O=C(CCl)Nc1ccc(N2CCc3ccccc32)cc1. The van der Waals surface area contributed by atoms with Gasteiger partial charge in [0.15, 0.2) is 0 Å². The molecule has 0 saturated heterocycles. The van der Waals surface area contributed by atoms with Crippen LogP contribution in [0.15, 0.2) is 48.5 Å². The molecule has 2 aromatic carbocycles. The fourth-order valence-electron chi connectivity index (χ4n) is 2.53. The molecule has 20 heavy (non-hydrogen) atoms. The van der Waals surface area contributed by atoms with Crippen molar-refractivity contribution in [2.24, 2.45) is 0 Å². The summed E-state index contributed by atoms with van der Waals surface area (Å²) in [4.78, 5) is 13.5. The minimum absolute atomic E-state index is 0.0265. The van der Waals surface area contributed by atoms with Crippen LogP contribution in [0.4, 0.5) is 17.1 Å². The summed E-state index contributed by atoms with van der Waals surface area (Å²) in [6.45, 7) is 0.993. The number of hydrogen-bond acceptors (Lipinski definition) is 2. The average Bonchev–Trinajstić information content (AvgIpc) is 2.92. The van der Waals surface area contributed by atoms with E-state index in [1.807, 2.05) is 24.3 Å². The monoisotopic (exact) mass is 286 g/mol. The topological polar surface area (TPSA) is 32.3 Å². The first-order chi connectivity index (χ1) is 9.78. The lowest BCUT2D eigenvalue weighted by molar-refractivity contribution is -0.113. The number of para-hydroxylation sites is 1. The van der Waals surface area contributed by atoms with E-state index in [1.165, 1.54) is 11.3 Å². The van der Waals surface area contributed by atoms with Crippen LogP contribution in [0, 0.1) is 0 Å². The van der Waals surface area contributed by atoms with Gasteiger partial charge in [0.1, 0.15) is 5.88 Å². The molecule has 1 aliphatic rings. The number of nitrogens with one attached hydrogen (secondary N) is 1. The number of hydrogen-bond donors (Lipinski definition) is 1. The number of anilines is 3. The maximum Gasteiger partial charge on any atom is 0.239 e. The van der Waals surface area contributed by atoms with Crippen molar-refractivity contribution in [1.29, 1.82) is 0 Å². The molecule has 0 radical (unpaired) electrons. The van der Waals surface area contributed by atoms with Crippen LogP contribution in [-0.2, 0) is 11.2 Å². The molecule has 1 amide bonds. The van der Waals surface area contributed by atoms with Crippen molar-refractivity contribution in [3.8, 4) is 0 Å². The van der Waals surface area contributed by atoms with Gasteiger partial charge < -0.3 is 10.2 Å². The predicted octanol–water partition coefficient (Wildman–Crippen LogP) is 3.56. The molecular weight excluding hydrogens is 272 g/mol. The summed E-state index contributed by atoms with van der Waals surface area (Å²) in [7, 11) is 0. The molecule has 0 unspecified atom stereocenters. The molecule has 0 aromatic heterocycles. The molecule has 3 rings (SSSR count). The molecule has 0 fully saturated rings. The summed E-state index contributed by atoms with van der Waals surface area (Å²) in [5.74, 6) is -0.215. The maximum absolute atomic E-state index is 11.2. The standard InChI is InChI=1S/C16H15ClN2O/c17-11-16(20)18-13-5-7-14(8-6-13)19-10-9-12-3-1-2-4-15(12)19/h1-8H,9-11H2,(H,18,20). The second kappa shape index (κ2) is 5.55. The number of amides is 1. The van der Waals surface area contributed by atoms with E-state index < -0.39 is 0 Å². The molecule has 3 nitrogen and oxygen atoms in total. The van der Waals surface area contributed by atoms with Crippen LogP contribution in [0.3, 0.4) is 0 Å². The Labute approximate surface area is 123 Å². The number of fused-ring (bicyclic) bond motifs is 1. The van der Waals surface area contributed by atoms with Gasteiger partial charge in [-0.05, 0) is 42.3 Å². The Balaban J connectivity index is 1.81. The van der Waals surface area contributed by atoms with Crippen LogP contribution in [0.25, 0.3) is 0 Å². The summed E-state index contributed by atoms with van der Waals surface area (Å²) in [6, 6.07) is 16.3. The van der Waals surface area contributed by atoms with Crippen LogP contribution in [-0.4, -0.2) is 18.3 Å². The molecular formula is C16H15ClN2O. The van der Waals surface area contributed by atoms with E-state index in [0.717, 1.165) is 24.3 Å². The molecule has 0 bridgehead atoms. The maximum atomic E-state index is 11.2. The molecule has 1 heterocycles. The lowest BCUT2D eigenvalue weighted by atomic mass is 10.2. The predicted molar refractivity (Wildman–Crippen MR) is 82.9 cm³/mol. The number of carbonyl (C=O) groups is 1. The Kier molecular flexibility index (Phi) is 3.61. The molecule has 1 aliphatic heterocycles. The lowest BCUT2D eigenvalue weighted by Gasteiger charge is -2.19. The summed E-state index contributed by atoms with van der Waals surface area (Å²) in [5.41, 5.74) is 4.56. The van der Waals surface area contributed by atoms with Gasteiger partial charge in [0, 0.05) is 23.6 Å². The third-order valence-corrected chi connectivity index (χ3v) is 3.71. The van der Waals surface area contributed by atoms with Crippen molar-refractivity contribution >= 4 is 34.6 Å². The third kappa shape index (κ3) is 2.49. The first-order valence-corrected chi connectivity index (χ1v) is 7.13. The summed E-state index contributed by atoms with van der Waals surface area (Å²) in [5, 5.41) is 2.74. The van der Waals surface area contributed by atoms with Crippen molar-refractivity contribution < 1.29 is 4.79 Å². The van der Waals surface area contributed by atoms with E-state index in [2.05, 4.69) is 34.5 Å². The lowest BCUT2D eigenvalue weighted by Crippen LogP contribution is -2.14. The zero-order chi connectivity index (χ0) is 13.9. The van der Waals surface area contributed by atoms with Gasteiger partial charge in [-0.1, -0.05) is 18.2 Å². The smallest absolute Gasteiger partial charge is 0.239 e. The Hall–Kier alpha value is -2.00. The highest BCUT2D eigenvalue weighted by Crippen LogP contribution is 2.34. The first kappa shape index (κ1) is 13.0. The van der Waals surface area contributed by atoms with E-state index in [1.54, 1.807) is 0 Å². The van der Waals surface area contributed by atoms with Gasteiger partial charge in [-0.2, -0.15) is 0 Å². The fourth-order valence-corrected chi connectivity index (χ4v) is 2.59. The molecule has 102 valence electrons. The Bertz CT molecular complexity index is 625. The van der Waals surface area contributed by atoms with Crippen molar-refractivity contribution in [3.63, 3.8) is 0 Å². The number of nitrogens with zero attached hydrogens (tertiary/aromatic N) is 1. The van der Waals surface area contributed by atoms with Crippen molar-refractivity contribution in [2.75, 3.05) is 22.6 Å². The van der Waals surface area contributed by atoms with Gasteiger partial charge >= 0.3 is 0 Å². The summed E-state index contributed by atoms with van der Waals surface area (Å²) >= 11 is 5.47. The minimum Gasteiger partial charge on any atom is -0.341 e. The van der Waals surface area contributed by atoms with Gasteiger partial charge in [-0.15, -0.1) is 11.6 Å². The van der Waals surface area contributed by atoms with Crippen LogP contribution < -0.4 is 10.2 Å². The van der Waals surface area contributed by atoms with Gasteiger partial charge in [0.25, 0.3) is 0 Å². The quantitative estimate of drug-likeness (QED) is 0.875. The fraction of sp³-hybridized carbons (Fsp3) is 0.188. The number of halogens is 1. The molecule has 4 heteroatoms. The minimum atomic E-state index is -0.189. The average molecular weight is 287 g/mol. The van der Waals surface area contributed by atoms with Crippen LogP contribution in [0.2, 0.25) is 0 Å². The molecule has 2 aromatic rings. The second-order valence-electron chi connectivity index (χ2n) is 4.76. The highest BCUT2D eigenvalue weighted by Gasteiger charge is 2.19. The van der Waals surface area contributed by atoms with E-state index in [0.29, 0.717) is 0 Å². The number of benzene rings is 2.